The molecular weight excluding hydrogens is 1070 g/mol. The quantitative estimate of drug-likeness (QED) is 0.0374. The van der Waals surface area contributed by atoms with E-state index in [0.717, 1.165) is 80.0 Å². The molecule has 0 aliphatic carbocycles. The highest BCUT2D eigenvalue weighted by molar-refractivity contribution is 5.74. The molecule has 0 saturated carbocycles. The molecule has 0 aliphatic rings. The van der Waals surface area contributed by atoms with Crippen molar-refractivity contribution in [3.63, 3.8) is 0 Å². The van der Waals surface area contributed by atoms with E-state index in [1.807, 2.05) is 97.1 Å². The van der Waals surface area contributed by atoms with E-state index in [9.17, 15) is 26.3 Å². The second-order valence-corrected chi connectivity index (χ2v) is 23.0. The summed E-state index contributed by atoms with van der Waals surface area (Å²) in [7, 11) is 0. The van der Waals surface area contributed by atoms with Crippen molar-refractivity contribution in [2.75, 3.05) is 0 Å². The van der Waals surface area contributed by atoms with Crippen LogP contribution in [0.5, 0.6) is 0 Å². The highest BCUT2D eigenvalue weighted by Gasteiger charge is 2.18. The summed E-state index contributed by atoms with van der Waals surface area (Å²) in [4.78, 5) is 0. The van der Waals surface area contributed by atoms with E-state index in [0.29, 0.717) is 62.1 Å². The summed E-state index contributed by atoms with van der Waals surface area (Å²) < 4.78 is 86.9. The number of aryl methyl sites for hydroxylation is 6. The van der Waals surface area contributed by atoms with E-state index >= 15 is 0 Å². The molecule has 9 aromatic carbocycles. The summed E-state index contributed by atoms with van der Waals surface area (Å²) >= 11 is 0. The third kappa shape index (κ3) is 18.8. The average Bonchev–Trinajstić information content (AvgIpc) is 3.02. The first kappa shape index (κ1) is 66.1. The van der Waals surface area contributed by atoms with Crippen LogP contribution in [0.25, 0.3) is 66.8 Å². The van der Waals surface area contributed by atoms with Crippen LogP contribution in [0.1, 0.15) is 164 Å². The molecule has 0 radical (unpaired) electrons. The number of hydrogen-bond donors (Lipinski definition) is 0. The molecule has 0 aromatic heterocycles. The fourth-order valence-corrected chi connectivity index (χ4v) is 10.9. The Morgan fingerprint density at radius 3 is 0.733 bits per heavy atom. The maximum Gasteiger partial charge on any atom is 0.167 e. The Morgan fingerprint density at radius 1 is 0.209 bits per heavy atom. The standard InChI is InChI=1S/2C28H32F2.C24H24F2/c1-3-5-7-9-21-11-15-23(16-12-21)25-19-20-26(28(30)27(25)29)24-17-13-22(14-18-24)10-8-6-4-2;1-3-5-7-9-21-11-13-22(14-12-21)23-15-17-24(18-16-23)26-20-19-25(10-8-6-4-2)27(29)28(26)30;1-3-4-5-6-18-8-10-19(11-9-18)20-12-14-21(15-13-20)22-16-7-17(2)23(25)24(22)26/h2*11-20H,3-10H2,1-2H3;7-16H,3-6H2,1-2H3. The monoisotopic (exact) mass is 1160 g/mol. The van der Waals surface area contributed by atoms with Gasteiger partial charge in [0.2, 0.25) is 0 Å². The van der Waals surface area contributed by atoms with Crippen molar-refractivity contribution in [2.45, 2.75) is 170 Å². The molecule has 9 aromatic rings. The van der Waals surface area contributed by atoms with Gasteiger partial charge in [-0.3, -0.25) is 0 Å². The lowest BCUT2D eigenvalue weighted by atomic mass is 9.96. The van der Waals surface area contributed by atoms with Gasteiger partial charge in [0.15, 0.2) is 34.9 Å². The predicted molar refractivity (Wildman–Crippen MR) is 353 cm³/mol. The van der Waals surface area contributed by atoms with Gasteiger partial charge in [-0.1, -0.05) is 281 Å². The van der Waals surface area contributed by atoms with E-state index in [4.69, 9.17) is 0 Å². The van der Waals surface area contributed by atoms with Crippen LogP contribution >= 0.6 is 0 Å². The number of unbranched alkanes of at least 4 members (excludes halogenated alkanes) is 10. The number of halogens is 6. The molecule has 450 valence electrons. The minimum absolute atomic E-state index is 0.297. The Balaban J connectivity index is 0.000000185. The molecule has 0 aliphatic heterocycles. The Kier molecular flexibility index (Phi) is 26.6. The summed E-state index contributed by atoms with van der Waals surface area (Å²) in [6.45, 7) is 12.5. The van der Waals surface area contributed by atoms with Crippen molar-refractivity contribution in [2.24, 2.45) is 0 Å². The Labute approximate surface area is 510 Å². The minimum atomic E-state index is -0.783. The number of benzene rings is 9. The smallest absolute Gasteiger partial charge is 0.167 e. The summed E-state index contributed by atoms with van der Waals surface area (Å²) in [6.07, 6.45) is 22.4. The normalized spacial score (nSPS) is 11.0. The first-order valence-corrected chi connectivity index (χ1v) is 31.8. The zero-order valence-corrected chi connectivity index (χ0v) is 51.7. The van der Waals surface area contributed by atoms with E-state index in [1.165, 1.54) is 86.5 Å². The number of rotatable bonds is 26. The zero-order valence-electron chi connectivity index (χ0n) is 51.7. The molecule has 0 heterocycles. The molecule has 9 rings (SSSR count). The Hall–Kier alpha value is -7.44. The Bertz CT molecular complexity index is 3370. The summed E-state index contributed by atoms with van der Waals surface area (Å²) in [5, 5.41) is 0. The highest BCUT2D eigenvalue weighted by Crippen LogP contribution is 2.34. The van der Waals surface area contributed by atoms with Gasteiger partial charge in [-0.15, -0.1) is 0 Å². The second-order valence-electron chi connectivity index (χ2n) is 23.0. The van der Waals surface area contributed by atoms with Crippen molar-refractivity contribution in [3.8, 4) is 66.8 Å². The van der Waals surface area contributed by atoms with E-state index < -0.39 is 34.9 Å². The number of hydrogen-bond acceptors (Lipinski definition) is 0. The van der Waals surface area contributed by atoms with Gasteiger partial charge in [0.25, 0.3) is 0 Å². The molecule has 0 saturated heterocycles. The van der Waals surface area contributed by atoms with Gasteiger partial charge in [-0.2, -0.15) is 0 Å². The van der Waals surface area contributed by atoms with Gasteiger partial charge in [0, 0.05) is 22.3 Å². The topological polar surface area (TPSA) is 0 Å². The van der Waals surface area contributed by atoms with Crippen molar-refractivity contribution >= 4 is 0 Å². The van der Waals surface area contributed by atoms with Crippen LogP contribution in [-0.2, 0) is 32.1 Å². The van der Waals surface area contributed by atoms with Crippen molar-refractivity contribution in [1.82, 2.24) is 0 Å². The SMILES string of the molecule is CCCCCc1ccc(-c2ccc(-c3ccc(C)c(F)c3F)cc2)cc1.CCCCCc1ccc(-c2ccc(-c3ccc(CCCCC)c(F)c3F)cc2)cc1.CCCCCc1ccc(-c2ccc(-c3ccc(CCCCC)cc3)c(F)c2F)cc1. The van der Waals surface area contributed by atoms with Crippen LogP contribution in [0.15, 0.2) is 182 Å². The van der Waals surface area contributed by atoms with Gasteiger partial charge in [-0.05, 0) is 149 Å². The molecular formula is C80H88F6. The average molecular weight is 1160 g/mol. The van der Waals surface area contributed by atoms with Crippen LogP contribution in [0.2, 0.25) is 0 Å². The van der Waals surface area contributed by atoms with Crippen molar-refractivity contribution in [3.05, 3.63) is 250 Å². The van der Waals surface area contributed by atoms with E-state index in [1.54, 1.807) is 43.3 Å². The fourth-order valence-electron chi connectivity index (χ4n) is 10.9. The summed E-state index contributed by atoms with van der Waals surface area (Å²) in [6, 6.07) is 58.3. The van der Waals surface area contributed by atoms with E-state index in [2.05, 4.69) is 83.1 Å². The van der Waals surface area contributed by atoms with Gasteiger partial charge >= 0.3 is 0 Å². The molecule has 0 spiro atoms. The molecule has 86 heavy (non-hydrogen) atoms. The summed E-state index contributed by atoms with van der Waals surface area (Å²) in [5.74, 6) is -4.56. The molecule has 0 nitrogen and oxygen atoms in total. The van der Waals surface area contributed by atoms with Crippen LogP contribution < -0.4 is 0 Å². The molecule has 0 N–H and O–H groups in total. The molecule has 0 bridgehead atoms. The molecule has 0 atom stereocenters. The maximum absolute atomic E-state index is 14.9. The van der Waals surface area contributed by atoms with Gasteiger partial charge in [0.05, 0.1) is 0 Å². The third-order valence-corrected chi connectivity index (χ3v) is 16.3. The molecule has 0 amide bonds. The maximum atomic E-state index is 14.9. The predicted octanol–water partition coefficient (Wildman–Crippen LogP) is 24.9. The van der Waals surface area contributed by atoms with E-state index in [-0.39, 0.29) is 0 Å². The minimum Gasteiger partial charge on any atom is -0.203 e. The largest absolute Gasteiger partial charge is 0.203 e. The van der Waals surface area contributed by atoms with Crippen molar-refractivity contribution < 1.29 is 26.3 Å². The van der Waals surface area contributed by atoms with Gasteiger partial charge < -0.3 is 0 Å². The first-order chi connectivity index (χ1) is 41.9. The van der Waals surface area contributed by atoms with Gasteiger partial charge in [-0.25, -0.2) is 26.3 Å². The highest BCUT2D eigenvalue weighted by atomic mass is 19.2. The summed E-state index contributed by atoms with van der Waals surface area (Å²) in [5.41, 5.74) is 14.5. The van der Waals surface area contributed by atoms with Crippen LogP contribution in [0.4, 0.5) is 26.3 Å². The Morgan fingerprint density at radius 2 is 0.430 bits per heavy atom. The van der Waals surface area contributed by atoms with Crippen LogP contribution in [-0.4, -0.2) is 0 Å². The lowest BCUT2D eigenvalue weighted by molar-refractivity contribution is 0.498. The zero-order chi connectivity index (χ0) is 61.2. The fraction of sp³-hybridized carbons (Fsp3) is 0.325. The second kappa shape index (κ2) is 34.6. The lowest BCUT2D eigenvalue weighted by Gasteiger charge is -2.11. The first-order valence-electron chi connectivity index (χ1n) is 31.8. The third-order valence-electron chi connectivity index (χ3n) is 16.3. The van der Waals surface area contributed by atoms with Crippen molar-refractivity contribution in [1.29, 1.82) is 0 Å². The van der Waals surface area contributed by atoms with Crippen LogP contribution in [0, 0.1) is 41.8 Å². The van der Waals surface area contributed by atoms with Gasteiger partial charge in [0.1, 0.15) is 0 Å². The van der Waals surface area contributed by atoms with Crippen LogP contribution in [0.3, 0.4) is 0 Å². The lowest BCUT2D eigenvalue weighted by Crippen LogP contribution is -1.97. The molecule has 0 unspecified atom stereocenters. The molecule has 0 fully saturated rings. The molecule has 6 heteroatoms.